The van der Waals surface area contributed by atoms with Gasteiger partial charge in [-0.2, -0.15) is 0 Å². The SMILES string of the molecule is CCOc1ccc(CN(CCC[NH+](C)C)C(=S)Nc2ccccc2C)cc1OC. The van der Waals surface area contributed by atoms with Gasteiger partial charge in [-0.1, -0.05) is 24.3 Å². The highest BCUT2D eigenvalue weighted by Crippen LogP contribution is 2.28. The second kappa shape index (κ2) is 11.6. The van der Waals surface area contributed by atoms with Crippen LogP contribution in [0, 0.1) is 6.92 Å². The number of ether oxygens (including phenoxy) is 2. The average molecular weight is 417 g/mol. The van der Waals surface area contributed by atoms with Gasteiger partial charge < -0.3 is 24.6 Å². The van der Waals surface area contributed by atoms with Crippen LogP contribution in [-0.2, 0) is 6.54 Å². The van der Waals surface area contributed by atoms with Crippen molar-refractivity contribution in [1.82, 2.24) is 4.90 Å². The lowest BCUT2D eigenvalue weighted by molar-refractivity contribution is -0.858. The molecule has 0 fully saturated rings. The Hall–Kier alpha value is -2.31. The summed E-state index contributed by atoms with van der Waals surface area (Å²) in [5.74, 6) is 1.52. The molecule has 0 aliphatic heterocycles. The van der Waals surface area contributed by atoms with Crippen LogP contribution in [0.5, 0.6) is 11.5 Å². The molecule has 2 N–H and O–H groups in total. The summed E-state index contributed by atoms with van der Waals surface area (Å²) < 4.78 is 11.1. The molecule has 158 valence electrons. The number of aryl methyl sites for hydroxylation is 1. The molecule has 2 rings (SSSR count). The molecule has 0 radical (unpaired) electrons. The quantitative estimate of drug-likeness (QED) is 0.582. The van der Waals surface area contributed by atoms with Gasteiger partial charge in [-0.3, -0.25) is 0 Å². The first-order valence-electron chi connectivity index (χ1n) is 10.1. The third-order valence-corrected chi connectivity index (χ3v) is 5.04. The van der Waals surface area contributed by atoms with E-state index in [0.29, 0.717) is 13.2 Å². The zero-order valence-electron chi connectivity index (χ0n) is 18.2. The van der Waals surface area contributed by atoms with E-state index >= 15 is 0 Å². The largest absolute Gasteiger partial charge is 0.493 e. The number of quaternary nitrogens is 1. The van der Waals surface area contributed by atoms with Gasteiger partial charge >= 0.3 is 0 Å². The van der Waals surface area contributed by atoms with E-state index in [1.807, 2.05) is 31.2 Å². The number of methoxy groups -OCH3 is 1. The van der Waals surface area contributed by atoms with Crippen LogP contribution in [0.3, 0.4) is 0 Å². The molecule has 0 heterocycles. The predicted molar refractivity (Wildman–Crippen MR) is 124 cm³/mol. The van der Waals surface area contributed by atoms with Gasteiger partial charge in [0.1, 0.15) is 0 Å². The number of anilines is 1. The van der Waals surface area contributed by atoms with Crippen molar-refractivity contribution in [1.29, 1.82) is 0 Å². The minimum atomic E-state index is 0.610. The molecule has 0 aromatic heterocycles. The number of nitrogens with zero attached hydrogens (tertiary/aromatic N) is 1. The highest BCUT2D eigenvalue weighted by Gasteiger charge is 2.14. The Bertz CT molecular complexity index is 795. The van der Waals surface area contributed by atoms with Crippen LogP contribution in [0.2, 0.25) is 0 Å². The Morgan fingerprint density at radius 3 is 2.55 bits per heavy atom. The maximum atomic E-state index is 5.78. The van der Waals surface area contributed by atoms with Crippen molar-refractivity contribution >= 4 is 23.0 Å². The van der Waals surface area contributed by atoms with E-state index in [4.69, 9.17) is 21.7 Å². The summed E-state index contributed by atoms with van der Waals surface area (Å²) >= 11 is 5.78. The van der Waals surface area contributed by atoms with Crippen molar-refractivity contribution in [2.45, 2.75) is 26.8 Å². The fraction of sp³-hybridized carbons (Fsp3) is 0.435. The summed E-state index contributed by atoms with van der Waals surface area (Å²) in [6.45, 7) is 7.36. The van der Waals surface area contributed by atoms with Crippen molar-refractivity contribution in [3.8, 4) is 11.5 Å². The van der Waals surface area contributed by atoms with E-state index in [2.05, 4.69) is 49.4 Å². The summed E-state index contributed by atoms with van der Waals surface area (Å²) in [6, 6.07) is 14.3. The molecule has 0 saturated heterocycles. The molecule has 0 spiro atoms. The lowest BCUT2D eigenvalue weighted by atomic mass is 10.1. The van der Waals surface area contributed by atoms with E-state index in [9.17, 15) is 0 Å². The molecule has 0 aliphatic carbocycles. The van der Waals surface area contributed by atoms with Crippen molar-refractivity contribution < 1.29 is 14.4 Å². The molecule has 0 unspecified atom stereocenters. The number of para-hydroxylation sites is 1. The zero-order chi connectivity index (χ0) is 21.2. The maximum absolute atomic E-state index is 5.78. The topological polar surface area (TPSA) is 38.2 Å². The van der Waals surface area contributed by atoms with Gasteiger partial charge in [-0.15, -0.1) is 0 Å². The summed E-state index contributed by atoms with van der Waals surface area (Å²) in [5, 5.41) is 4.16. The van der Waals surface area contributed by atoms with Crippen LogP contribution in [0.4, 0.5) is 5.69 Å². The monoisotopic (exact) mass is 416 g/mol. The molecule has 0 aliphatic rings. The first-order valence-corrected chi connectivity index (χ1v) is 10.6. The van der Waals surface area contributed by atoms with Gasteiger partial charge in [0, 0.05) is 25.2 Å². The molecular weight excluding hydrogens is 382 g/mol. The molecule has 2 aromatic rings. The molecule has 29 heavy (non-hydrogen) atoms. The Morgan fingerprint density at radius 2 is 1.90 bits per heavy atom. The molecule has 0 atom stereocenters. The zero-order valence-corrected chi connectivity index (χ0v) is 19.1. The van der Waals surface area contributed by atoms with Crippen molar-refractivity contribution in [3.05, 3.63) is 53.6 Å². The first kappa shape index (κ1) is 23.0. The standard InChI is InChI=1S/C23H33N3O2S/c1-6-28-21-13-12-19(16-22(21)27-5)17-26(15-9-14-25(3)4)23(29)24-20-11-8-7-10-18(20)2/h7-8,10-13,16H,6,9,14-15,17H2,1-5H3,(H,24,29)/p+1. The summed E-state index contributed by atoms with van der Waals surface area (Å²) in [4.78, 5) is 3.66. The van der Waals surface area contributed by atoms with E-state index in [1.165, 1.54) is 10.5 Å². The second-order valence-corrected chi connectivity index (χ2v) is 7.78. The Morgan fingerprint density at radius 1 is 1.14 bits per heavy atom. The van der Waals surface area contributed by atoms with E-state index in [1.54, 1.807) is 7.11 Å². The normalized spacial score (nSPS) is 10.7. The van der Waals surface area contributed by atoms with E-state index < -0.39 is 0 Å². The van der Waals surface area contributed by atoms with Gasteiger partial charge in [0.25, 0.3) is 0 Å². The van der Waals surface area contributed by atoms with Gasteiger partial charge in [0.15, 0.2) is 16.6 Å². The van der Waals surface area contributed by atoms with Crippen molar-refractivity contribution in [3.63, 3.8) is 0 Å². The molecule has 0 amide bonds. The molecular formula is C23H34N3O2S+. The van der Waals surface area contributed by atoms with Crippen LogP contribution in [0.15, 0.2) is 42.5 Å². The fourth-order valence-corrected chi connectivity index (χ4v) is 3.35. The fourth-order valence-electron chi connectivity index (χ4n) is 3.09. The predicted octanol–water partition coefficient (Wildman–Crippen LogP) is 3.14. The van der Waals surface area contributed by atoms with Crippen LogP contribution in [0.25, 0.3) is 0 Å². The lowest BCUT2D eigenvalue weighted by Gasteiger charge is -2.27. The number of nitrogens with one attached hydrogen (secondary N) is 2. The highest BCUT2D eigenvalue weighted by atomic mass is 32.1. The molecule has 2 aromatic carbocycles. The number of hydrogen-bond acceptors (Lipinski definition) is 3. The molecule has 0 saturated carbocycles. The lowest BCUT2D eigenvalue weighted by Crippen LogP contribution is -3.05. The Labute approximate surface area is 180 Å². The third-order valence-electron chi connectivity index (χ3n) is 4.68. The Balaban J connectivity index is 2.16. The van der Waals surface area contributed by atoms with E-state index in [-0.39, 0.29) is 0 Å². The van der Waals surface area contributed by atoms with Crippen LogP contribution >= 0.6 is 12.2 Å². The molecule has 0 bridgehead atoms. The number of rotatable bonds is 10. The maximum Gasteiger partial charge on any atom is 0.173 e. The highest BCUT2D eigenvalue weighted by molar-refractivity contribution is 7.80. The average Bonchev–Trinajstić information content (AvgIpc) is 2.69. The smallest absolute Gasteiger partial charge is 0.173 e. The van der Waals surface area contributed by atoms with Crippen LogP contribution < -0.4 is 19.7 Å². The van der Waals surface area contributed by atoms with Crippen molar-refractivity contribution in [2.75, 3.05) is 46.2 Å². The number of benzene rings is 2. The van der Waals surface area contributed by atoms with Gasteiger partial charge in [-0.25, -0.2) is 0 Å². The minimum Gasteiger partial charge on any atom is -0.493 e. The van der Waals surface area contributed by atoms with Gasteiger partial charge in [0.2, 0.25) is 0 Å². The minimum absolute atomic E-state index is 0.610. The van der Waals surface area contributed by atoms with Crippen LogP contribution in [-0.4, -0.2) is 50.9 Å². The molecule has 6 heteroatoms. The first-order chi connectivity index (χ1) is 13.9. The Kier molecular flexibility index (Phi) is 9.22. The van der Waals surface area contributed by atoms with Gasteiger partial charge in [-0.05, 0) is 55.4 Å². The summed E-state index contributed by atoms with van der Waals surface area (Å²) in [6.07, 6.45) is 1.06. The number of hydrogen-bond donors (Lipinski definition) is 2. The van der Waals surface area contributed by atoms with Crippen molar-refractivity contribution in [2.24, 2.45) is 0 Å². The van der Waals surface area contributed by atoms with E-state index in [0.717, 1.165) is 47.4 Å². The third kappa shape index (κ3) is 7.22. The van der Waals surface area contributed by atoms with Gasteiger partial charge in [0.05, 0.1) is 34.4 Å². The summed E-state index contributed by atoms with van der Waals surface area (Å²) in [5.41, 5.74) is 3.36. The van der Waals surface area contributed by atoms with Crippen LogP contribution in [0.1, 0.15) is 24.5 Å². The second-order valence-electron chi connectivity index (χ2n) is 7.40. The summed E-state index contributed by atoms with van der Waals surface area (Å²) in [7, 11) is 6.01. The molecule has 5 nitrogen and oxygen atoms in total. The number of thiocarbonyl (C=S) groups is 1.